The largest absolute Gasteiger partial charge is 0.323 e. The van der Waals surface area contributed by atoms with Crippen LogP contribution in [0.4, 0.5) is 5.69 Å². The number of aryl methyl sites for hydroxylation is 1. The van der Waals surface area contributed by atoms with Crippen molar-refractivity contribution in [3.63, 3.8) is 0 Å². The summed E-state index contributed by atoms with van der Waals surface area (Å²) in [6, 6.07) is 3.54. The predicted octanol–water partition coefficient (Wildman–Crippen LogP) is 2.04. The van der Waals surface area contributed by atoms with E-state index in [4.69, 9.17) is 11.6 Å². The maximum atomic E-state index is 11.7. The predicted molar refractivity (Wildman–Crippen MR) is 70.3 cm³/mol. The molecule has 0 atom stereocenters. The van der Waals surface area contributed by atoms with Crippen LogP contribution in [0.3, 0.4) is 0 Å². The Kier molecular flexibility index (Phi) is 3.93. The molecule has 0 fully saturated rings. The molecule has 94 valence electrons. The summed E-state index contributed by atoms with van der Waals surface area (Å²) in [4.78, 5) is 11.7. The molecule has 2 rings (SSSR count). The Hall–Kier alpha value is -1.47. The molecule has 0 saturated carbocycles. The first-order valence-corrected chi connectivity index (χ1v) is 6.19. The molecule has 0 spiro atoms. The summed E-state index contributed by atoms with van der Waals surface area (Å²) in [7, 11) is 0. The molecule has 1 amide bonds. The van der Waals surface area contributed by atoms with E-state index in [2.05, 4.69) is 36.8 Å². The van der Waals surface area contributed by atoms with Crippen molar-refractivity contribution in [3.05, 3.63) is 33.5 Å². The van der Waals surface area contributed by atoms with Crippen molar-refractivity contribution in [1.82, 2.24) is 20.2 Å². The van der Waals surface area contributed by atoms with Gasteiger partial charge in [0.05, 0.1) is 5.69 Å². The van der Waals surface area contributed by atoms with Crippen LogP contribution in [-0.4, -0.2) is 26.1 Å². The smallest absolute Gasteiger partial charge is 0.246 e. The number of hydrogen-bond acceptors (Lipinski definition) is 4. The number of aromatic nitrogens is 4. The standard InChI is InChI=1S/C10H9BrClN5O/c1-6-2-7(11)9(3-8(6)12)14-10(18)4-17-5-13-15-16-17/h2-3,5H,4H2,1H3,(H,14,18). The second kappa shape index (κ2) is 5.45. The summed E-state index contributed by atoms with van der Waals surface area (Å²) >= 11 is 9.37. The Labute approximate surface area is 116 Å². The lowest BCUT2D eigenvalue weighted by Gasteiger charge is -2.09. The first-order chi connectivity index (χ1) is 8.56. The number of carbonyl (C=O) groups is 1. The van der Waals surface area contributed by atoms with Crippen LogP contribution in [0.5, 0.6) is 0 Å². The number of carbonyl (C=O) groups excluding carboxylic acids is 1. The molecule has 0 radical (unpaired) electrons. The normalized spacial score (nSPS) is 10.4. The average Bonchev–Trinajstić information content (AvgIpc) is 2.78. The molecule has 0 aliphatic rings. The van der Waals surface area contributed by atoms with Gasteiger partial charge in [0.15, 0.2) is 0 Å². The molecule has 0 aliphatic heterocycles. The first kappa shape index (κ1) is 13.0. The molecule has 1 aromatic carbocycles. The highest BCUT2D eigenvalue weighted by Gasteiger charge is 2.09. The minimum absolute atomic E-state index is 0.0466. The lowest BCUT2D eigenvalue weighted by Crippen LogP contribution is -2.19. The third-order valence-electron chi connectivity index (χ3n) is 2.22. The molecule has 0 saturated heterocycles. The Balaban J connectivity index is 2.09. The summed E-state index contributed by atoms with van der Waals surface area (Å²) in [5, 5.41) is 13.8. The Morgan fingerprint density at radius 2 is 2.33 bits per heavy atom. The molecule has 1 heterocycles. The third-order valence-corrected chi connectivity index (χ3v) is 3.28. The van der Waals surface area contributed by atoms with E-state index in [1.165, 1.54) is 11.0 Å². The van der Waals surface area contributed by atoms with Gasteiger partial charge < -0.3 is 5.32 Å². The van der Waals surface area contributed by atoms with Crippen LogP contribution in [0.15, 0.2) is 22.9 Å². The number of nitrogens with zero attached hydrogens (tertiary/aromatic N) is 4. The fraction of sp³-hybridized carbons (Fsp3) is 0.200. The topological polar surface area (TPSA) is 72.7 Å². The Morgan fingerprint density at radius 1 is 1.56 bits per heavy atom. The fourth-order valence-corrected chi connectivity index (χ4v) is 2.05. The number of tetrazole rings is 1. The molecule has 6 nitrogen and oxygen atoms in total. The Morgan fingerprint density at radius 3 is 3.00 bits per heavy atom. The van der Waals surface area contributed by atoms with E-state index in [1.54, 1.807) is 6.07 Å². The van der Waals surface area contributed by atoms with Crippen LogP contribution >= 0.6 is 27.5 Å². The van der Waals surface area contributed by atoms with Crippen LogP contribution in [0, 0.1) is 6.92 Å². The monoisotopic (exact) mass is 329 g/mol. The molecule has 1 N–H and O–H groups in total. The van der Waals surface area contributed by atoms with Gasteiger partial charge in [0, 0.05) is 9.50 Å². The van der Waals surface area contributed by atoms with Gasteiger partial charge in [0.1, 0.15) is 12.9 Å². The zero-order valence-electron chi connectivity index (χ0n) is 9.39. The van der Waals surface area contributed by atoms with Gasteiger partial charge in [-0.2, -0.15) is 0 Å². The van der Waals surface area contributed by atoms with Crippen molar-refractivity contribution in [3.8, 4) is 0 Å². The second-order valence-electron chi connectivity index (χ2n) is 3.64. The number of benzene rings is 1. The molecule has 2 aromatic rings. The van der Waals surface area contributed by atoms with Gasteiger partial charge >= 0.3 is 0 Å². The van der Waals surface area contributed by atoms with Gasteiger partial charge in [-0.1, -0.05) is 11.6 Å². The molecule has 8 heteroatoms. The minimum Gasteiger partial charge on any atom is -0.323 e. The second-order valence-corrected chi connectivity index (χ2v) is 4.90. The van der Waals surface area contributed by atoms with Gasteiger partial charge in [0.2, 0.25) is 5.91 Å². The molecule has 0 aliphatic carbocycles. The summed E-state index contributed by atoms with van der Waals surface area (Å²) in [6.07, 6.45) is 1.37. The van der Waals surface area contributed by atoms with Crippen molar-refractivity contribution >= 4 is 39.1 Å². The maximum absolute atomic E-state index is 11.7. The van der Waals surface area contributed by atoms with Crippen molar-refractivity contribution in [2.24, 2.45) is 0 Å². The van der Waals surface area contributed by atoms with E-state index in [0.29, 0.717) is 10.7 Å². The van der Waals surface area contributed by atoms with Crippen molar-refractivity contribution in [2.45, 2.75) is 13.5 Å². The zero-order chi connectivity index (χ0) is 13.1. The highest BCUT2D eigenvalue weighted by Crippen LogP contribution is 2.29. The average molecular weight is 331 g/mol. The van der Waals surface area contributed by atoms with Crippen LogP contribution in [-0.2, 0) is 11.3 Å². The van der Waals surface area contributed by atoms with E-state index in [-0.39, 0.29) is 12.5 Å². The minimum atomic E-state index is -0.233. The van der Waals surface area contributed by atoms with Gasteiger partial charge in [0.25, 0.3) is 0 Å². The van der Waals surface area contributed by atoms with Crippen LogP contribution < -0.4 is 5.32 Å². The lowest BCUT2D eigenvalue weighted by atomic mass is 10.2. The summed E-state index contributed by atoms with van der Waals surface area (Å²) in [6.45, 7) is 1.94. The van der Waals surface area contributed by atoms with E-state index >= 15 is 0 Å². The van der Waals surface area contributed by atoms with Crippen molar-refractivity contribution in [2.75, 3.05) is 5.32 Å². The lowest BCUT2D eigenvalue weighted by molar-refractivity contribution is -0.116. The number of anilines is 1. The third kappa shape index (κ3) is 3.05. The maximum Gasteiger partial charge on any atom is 0.246 e. The van der Waals surface area contributed by atoms with Gasteiger partial charge in [-0.3, -0.25) is 4.79 Å². The molecular weight excluding hydrogens is 322 g/mol. The molecule has 0 bridgehead atoms. The Bertz CT molecular complexity index is 572. The molecule has 0 unspecified atom stereocenters. The quantitative estimate of drug-likeness (QED) is 0.934. The molecular formula is C10H9BrClN5O. The summed E-state index contributed by atoms with van der Waals surface area (Å²) in [5.41, 5.74) is 1.55. The van der Waals surface area contributed by atoms with Crippen LogP contribution in [0.1, 0.15) is 5.56 Å². The van der Waals surface area contributed by atoms with E-state index in [0.717, 1.165) is 10.0 Å². The van der Waals surface area contributed by atoms with E-state index in [1.807, 2.05) is 13.0 Å². The van der Waals surface area contributed by atoms with Gasteiger partial charge in [-0.25, -0.2) is 4.68 Å². The number of rotatable bonds is 3. The van der Waals surface area contributed by atoms with Gasteiger partial charge in [-0.15, -0.1) is 5.10 Å². The zero-order valence-corrected chi connectivity index (χ0v) is 11.7. The van der Waals surface area contributed by atoms with Crippen LogP contribution in [0.2, 0.25) is 5.02 Å². The van der Waals surface area contributed by atoms with Crippen LogP contribution in [0.25, 0.3) is 0 Å². The SMILES string of the molecule is Cc1cc(Br)c(NC(=O)Cn2cnnn2)cc1Cl. The number of nitrogens with one attached hydrogen (secondary N) is 1. The first-order valence-electron chi connectivity index (χ1n) is 5.02. The highest BCUT2D eigenvalue weighted by atomic mass is 79.9. The number of halogens is 2. The highest BCUT2D eigenvalue weighted by molar-refractivity contribution is 9.10. The summed E-state index contributed by atoms with van der Waals surface area (Å²) in [5.74, 6) is -0.233. The van der Waals surface area contributed by atoms with Gasteiger partial charge in [-0.05, 0) is 51.0 Å². The van der Waals surface area contributed by atoms with Crippen molar-refractivity contribution < 1.29 is 4.79 Å². The van der Waals surface area contributed by atoms with E-state index < -0.39 is 0 Å². The number of amides is 1. The molecule has 18 heavy (non-hydrogen) atoms. The number of hydrogen-bond donors (Lipinski definition) is 1. The summed E-state index contributed by atoms with van der Waals surface area (Å²) < 4.78 is 2.11. The van der Waals surface area contributed by atoms with E-state index in [9.17, 15) is 4.79 Å². The molecule has 1 aromatic heterocycles. The van der Waals surface area contributed by atoms with Crippen molar-refractivity contribution in [1.29, 1.82) is 0 Å². The fourth-order valence-electron chi connectivity index (χ4n) is 1.33.